The van der Waals surface area contributed by atoms with Crippen LogP contribution in [0.4, 0.5) is 0 Å². The van der Waals surface area contributed by atoms with Crippen molar-refractivity contribution < 1.29 is 9.53 Å². The molecule has 2 rings (SSSR count). The summed E-state index contributed by atoms with van der Waals surface area (Å²) >= 11 is 1.60. The third-order valence-corrected chi connectivity index (χ3v) is 4.51. The van der Waals surface area contributed by atoms with Crippen molar-refractivity contribution in [1.29, 1.82) is 0 Å². The Bertz CT molecular complexity index is 613. The second-order valence-electron chi connectivity index (χ2n) is 5.12. The highest BCUT2D eigenvalue weighted by molar-refractivity contribution is 7.10. The molecule has 0 aliphatic heterocycles. The van der Waals surface area contributed by atoms with Crippen molar-refractivity contribution in [2.75, 3.05) is 6.61 Å². The highest BCUT2D eigenvalue weighted by Crippen LogP contribution is 2.33. The summed E-state index contributed by atoms with van der Waals surface area (Å²) in [5.41, 5.74) is 11.0. The minimum atomic E-state index is -0.299. The van der Waals surface area contributed by atoms with Crippen LogP contribution in [0.1, 0.15) is 35.4 Å². The van der Waals surface area contributed by atoms with Gasteiger partial charge in [-0.3, -0.25) is 4.79 Å². The Balaban J connectivity index is 2.20. The van der Waals surface area contributed by atoms with Crippen molar-refractivity contribution in [2.24, 2.45) is 5.73 Å². The van der Waals surface area contributed by atoms with Crippen molar-refractivity contribution in [2.45, 2.75) is 33.2 Å². The zero-order valence-corrected chi connectivity index (χ0v) is 13.5. The van der Waals surface area contributed by atoms with E-state index in [-0.39, 0.29) is 18.4 Å². The lowest BCUT2D eigenvalue weighted by Crippen LogP contribution is -2.16. The molecule has 3 nitrogen and oxygen atoms in total. The normalized spacial score (nSPS) is 12.2. The van der Waals surface area contributed by atoms with E-state index in [0.29, 0.717) is 6.61 Å². The molecule has 0 amide bonds. The molecule has 0 bridgehead atoms. The topological polar surface area (TPSA) is 52.3 Å². The molecule has 0 aliphatic rings. The predicted molar refractivity (Wildman–Crippen MR) is 87.4 cm³/mol. The van der Waals surface area contributed by atoms with Crippen molar-refractivity contribution >= 4 is 17.3 Å². The third kappa shape index (κ3) is 3.71. The Kier molecular flexibility index (Phi) is 5.15. The molecule has 21 heavy (non-hydrogen) atoms. The smallest absolute Gasteiger partial charge is 0.307 e. The van der Waals surface area contributed by atoms with Gasteiger partial charge in [0.2, 0.25) is 0 Å². The van der Waals surface area contributed by atoms with Gasteiger partial charge >= 0.3 is 5.97 Å². The summed E-state index contributed by atoms with van der Waals surface area (Å²) in [6.07, 6.45) is 0.223. The molecule has 1 aromatic carbocycles. The largest absolute Gasteiger partial charge is 0.466 e. The molecule has 2 aromatic rings. The summed E-state index contributed by atoms with van der Waals surface area (Å²) in [4.78, 5) is 12.5. The number of hydrogen-bond acceptors (Lipinski definition) is 4. The number of nitrogens with two attached hydrogens (primary N) is 1. The first-order valence-corrected chi connectivity index (χ1v) is 7.97. The number of rotatable bonds is 5. The van der Waals surface area contributed by atoms with Crippen LogP contribution in [0, 0.1) is 13.8 Å². The molecule has 0 aliphatic carbocycles. The van der Waals surface area contributed by atoms with Crippen molar-refractivity contribution in [3.63, 3.8) is 0 Å². The number of aryl methyl sites for hydroxylation is 2. The van der Waals surface area contributed by atoms with Gasteiger partial charge in [-0.2, -0.15) is 0 Å². The van der Waals surface area contributed by atoms with Crippen LogP contribution in [0.25, 0.3) is 11.1 Å². The quantitative estimate of drug-likeness (QED) is 0.850. The summed E-state index contributed by atoms with van der Waals surface area (Å²) in [6, 6.07) is 8.07. The van der Waals surface area contributed by atoms with E-state index in [0.717, 1.165) is 4.88 Å². The molecule has 0 fully saturated rings. The molecular formula is C17H21NO2S. The number of ether oxygens (including phenoxy) is 1. The van der Waals surface area contributed by atoms with Crippen LogP contribution in [0.5, 0.6) is 0 Å². The van der Waals surface area contributed by atoms with E-state index in [9.17, 15) is 4.79 Å². The van der Waals surface area contributed by atoms with Gasteiger partial charge in [0.1, 0.15) is 0 Å². The first-order chi connectivity index (χ1) is 10.0. The molecule has 0 unspecified atom stereocenters. The molecule has 0 radical (unpaired) electrons. The molecule has 0 spiro atoms. The van der Waals surface area contributed by atoms with E-state index in [1.54, 1.807) is 18.3 Å². The number of thiophene rings is 1. The second-order valence-corrected chi connectivity index (χ2v) is 6.06. The zero-order chi connectivity index (χ0) is 15.4. The van der Waals surface area contributed by atoms with Gasteiger partial charge in [-0.05, 0) is 54.5 Å². The maximum atomic E-state index is 11.5. The minimum Gasteiger partial charge on any atom is -0.466 e. The van der Waals surface area contributed by atoms with Crippen LogP contribution >= 0.6 is 11.3 Å². The maximum absolute atomic E-state index is 11.5. The van der Waals surface area contributed by atoms with E-state index in [1.165, 1.54) is 22.3 Å². The fourth-order valence-electron chi connectivity index (χ4n) is 2.45. The lowest BCUT2D eigenvalue weighted by atomic mass is 9.97. The number of hydrogen-bond donors (Lipinski definition) is 1. The van der Waals surface area contributed by atoms with Gasteiger partial charge in [-0.15, -0.1) is 11.3 Å². The first kappa shape index (κ1) is 15.7. The van der Waals surface area contributed by atoms with Gasteiger partial charge in [0.05, 0.1) is 13.0 Å². The van der Waals surface area contributed by atoms with E-state index in [1.807, 2.05) is 0 Å². The van der Waals surface area contributed by atoms with Crippen LogP contribution in [0.3, 0.4) is 0 Å². The second kappa shape index (κ2) is 6.87. The van der Waals surface area contributed by atoms with Gasteiger partial charge in [0.25, 0.3) is 0 Å². The average molecular weight is 303 g/mol. The van der Waals surface area contributed by atoms with Gasteiger partial charge in [-0.1, -0.05) is 18.2 Å². The summed E-state index contributed by atoms with van der Waals surface area (Å²) in [6.45, 7) is 6.41. The average Bonchev–Trinajstić information content (AvgIpc) is 2.88. The summed E-state index contributed by atoms with van der Waals surface area (Å²) in [5, 5.41) is 2.11. The van der Waals surface area contributed by atoms with Crippen molar-refractivity contribution in [3.8, 4) is 11.1 Å². The SMILES string of the molecule is CCOC(=O)C[C@H](N)c1cc(-c2c(C)cccc2C)cs1. The Labute approximate surface area is 129 Å². The Morgan fingerprint density at radius 3 is 2.62 bits per heavy atom. The number of carbonyl (C=O) groups excluding carboxylic acids is 1. The van der Waals surface area contributed by atoms with Crippen LogP contribution in [-0.2, 0) is 9.53 Å². The third-order valence-electron chi connectivity index (χ3n) is 3.45. The molecule has 0 saturated heterocycles. The Morgan fingerprint density at radius 1 is 1.33 bits per heavy atom. The maximum Gasteiger partial charge on any atom is 0.307 e. The van der Waals surface area contributed by atoms with Gasteiger partial charge in [0.15, 0.2) is 0 Å². The molecular weight excluding hydrogens is 282 g/mol. The molecule has 112 valence electrons. The summed E-state index contributed by atoms with van der Waals surface area (Å²) < 4.78 is 4.95. The monoisotopic (exact) mass is 303 g/mol. The zero-order valence-electron chi connectivity index (χ0n) is 12.7. The van der Waals surface area contributed by atoms with E-state index < -0.39 is 0 Å². The number of esters is 1. The number of carbonyl (C=O) groups is 1. The van der Waals surface area contributed by atoms with Gasteiger partial charge < -0.3 is 10.5 Å². The molecule has 1 aromatic heterocycles. The van der Waals surface area contributed by atoms with E-state index >= 15 is 0 Å². The van der Waals surface area contributed by atoms with Crippen molar-refractivity contribution in [3.05, 3.63) is 45.6 Å². The summed E-state index contributed by atoms with van der Waals surface area (Å²) in [7, 11) is 0. The molecule has 1 atom stereocenters. The highest BCUT2D eigenvalue weighted by atomic mass is 32.1. The van der Waals surface area contributed by atoms with Gasteiger partial charge in [0, 0.05) is 10.9 Å². The highest BCUT2D eigenvalue weighted by Gasteiger charge is 2.16. The molecule has 4 heteroatoms. The number of benzene rings is 1. The summed E-state index contributed by atoms with van der Waals surface area (Å²) in [5.74, 6) is -0.243. The predicted octanol–water partition coefficient (Wildman–Crippen LogP) is 3.98. The fourth-order valence-corrected chi connectivity index (χ4v) is 3.35. The molecule has 0 saturated carbocycles. The minimum absolute atomic E-state index is 0.223. The Hall–Kier alpha value is -1.65. The standard InChI is InChI=1S/C17H21NO2S/c1-4-20-16(19)9-14(18)15-8-13(10-21-15)17-11(2)6-5-7-12(17)3/h5-8,10,14H,4,9,18H2,1-3H3/t14-/m0/s1. The van der Waals surface area contributed by atoms with Gasteiger partial charge in [-0.25, -0.2) is 0 Å². The Morgan fingerprint density at radius 2 is 2.00 bits per heavy atom. The van der Waals surface area contributed by atoms with Crippen molar-refractivity contribution in [1.82, 2.24) is 0 Å². The van der Waals surface area contributed by atoms with Crippen LogP contribution < -0.4 is 5.73 Å². The molecule has 1 heterocycles. The fraction of sp³-hybridized carbons (Fsp3) is 0.353. The lowest BCUT2D eigenvalue weighted by molar-refractivity contribution is -0.143. The van der Waals surface area contributed by atoms with Crippen LogP contribution in [0.15, 0.2) is 29.6 Å². The molecule has 2 N–H and O–H groups in total. The van der Waals surface area contributed by atoms with Crippen LogP contribution in [-0.4, -0.2) is 12.6 Å². The lowest BCUT2D eigenvalue weighted by Gasteiger charge is -2.09. The first-order valence-electron chi connectivity index (χ1n) is 7.09. The van der Waals surface area contributed by atoms with E-state index in [4.69, 9.17) is 10.5 Å². The van der Waals surface area contributed by atoms with E-state index in [2.05, 4.69) is 43.5 Å². The van der Waals surface area contributed by atoms with Crippen LogP contribution in [0.2, 0.25) is 0 Å².